The van der Waals surface area contributed by atoms with Crippen LogP contribution in [0.25, 0.3) is 0 Å². The molecule has 0 aromatic carbocycles. The Morgan fingerprint density at radius 3 is 2.88 bits per heavy atom. The maximum Gasteiger partial charge on any atom is 0.251 e. The van der Waals surface area contributed by atoms with Gasteiger partial charge < -0.3 is 4.98 Å². The summed E-state index contributed by atoms with van der Waals surface area (Å²) in [7, 11) is 0. The van der Waals surface area contributed by atoms with Crippen LogP contribution in [0, 0.1) is 5.92 Å². The SMILES string of the molecule is CC(Sc1nccc(=O)[nH]1)C(C)C(=O)NN. The highest BCUT2D eigenvalue weighted by Gasteiger charge is 2.20. The van der Waals surface area contributed by atoms with Crippen molar-refractivity contribution in [1.82, 2.24) is 15.4 Å². The zero-order valence-corrected chi connectivity index (χ0v) is 9.88. The van der Waals surface area contributed by atoms with Gasteiger partial charge in [-0.05, 0) is 0 Å². The van der Waals surface area contributed by atoms with Gasteiger partial charge in [0.05, 0.1) is 0 Å². The molecule has 0 saturated carbocycles. The summed E-state index contributed by atoms with van der Waals surface area (Å²) >= 11 is 1.33. The Hall–Kier alpha value is -1.34. The number of aromatic amines is 1. The first-order valence-electron chi connectivity index (χ1n) is 4.77. The molecule has 1 aromatic heterocycles. The summed E-state index contributed by atoms with van der Waals surface area (Å²) in [6, 6.07) is 1.34. The van der Waals surface area contributed by atoms with Gasteiger partial charge in [-0.15, -0.1) is 0 Å². The minimum absolute atomic E-state index is 0.0332. The van der Waals surface area contributed by atoms with Crippen LogP contribution in [0.5, 0.6) is 0 Å². The Bertz CT molecular complexity index is 420. The molecule has 0 aliphatic rings. The average Bonchev–Trinajstić information content (AvgIpc) is 2.27. The quantitative estimate of drug-likeness (QED) is 0.224. The minimum atomic E-state index is -0.263. The second-order valence-corrected chi connectivity index (χ2v) is 4.73. The summed E-state index contributed by atoms with van der Waals surface area (Å²) in [4.78, 5) is 28.9. The first kappa shape index (κ1) is 12.7. The number of hydrogen-bond donors (Lipinski definition) is 3. The lowest BCUT2D eigenvalue weighted by molar-refractivity contribution is -0.124. The van der Waals surface area contributed by atoms with Crippen LogP contribution in [0.3, 0.4) is 0 Å². The van der Waals surface area contributed by atoms with E-state index < -0.39 is 0 Å². The molecule has 1 aromatic rings. The van der Waals surface area contributed by atoms with E-state index in [0.717, 1.165) is 0 Å². The molecule has 1 rings (SSSR count). The molecule has 16 heavy (non-hydrogen) atoms. The third-order valence-electron chi connectivity index (χ3n) is 2.21. The van der Waals surface area contributed by atoms with Crippen LogP contribution in [-0.4, -0.2) is 21.1 Å². The van der Waals surface area contributed by atoms with Gasteiger partial charge >= 0.3 is 0 Å². The molecule has 0 spiro atoms. The second kappa shape index (κ2) is 5.66. The van der Waals surface area contributed by atoms with E-state index in [4.69, 9.17) is 5.84 Å². The molecule has 6 nitrogen and oxygen atoms in total. The number of nitrogens with two attached hydrogens (primary N) is 1. The summed E-state index contributed by atoms with van der Waals surface area (Å²) in [6.07, 6.45) is 1.43. The van der Waals surface area contributed by atoms with Gasteiger partial charge in [-0.3, -0.25) is 15.0 Å². The van der Waals surface area contributed by atoms with Crippen LogP contribution in [-0.2, 0) is 4.79 Å². The van der Waals surface area contributed by atoms with Crippen LogP contribution in [0.15, 0.2) is 22.2 Å². The molecule has 0 radical (unpaired) electrons. The summed E-state index contributed by atoms with van der Waals surface area (Å²) in [5.74, 6) is 4.54. The third-order valence-corrected chi connectivity index (χ3v) is 3.42. The highest BCUT2D eigenvalue weighted by Crippen LogP contribution is 2.23. The zero-order chi connectivity index (χ0) is 12.1. The molecule has 0 aliphatic carbocycles. The van der Waals surface area contributed by atoms with Crippen molar-refractivity contribution in [3.05, 3.63) is 22.6 Å². The number of thioether (sulfide) groups is 1. The molecular weight excluding hydrogens is 228 g/mol. The summed E-state index contributed by atoms with van der Waals surface area (Å²) in [5.41, 5.74) is 1.89. The second-order valence-electron chi connectivity index (χ2n) is 3.36. The number of amides is 1. The Kier molecular flexibility index (Phi) is 4.51. The van der Waals surface area contributed by atoms with Gasteiger partial charge in [0.1, 0.15) is 0 Å². The van der Waals surface area contributed by atoms with Crippen LogP contribution in [0.4, 0.5) is 0 Å². The molecule has 2 atom stereocenters. The molecule has 1 amide bonds. The first-order valence-corrected chi connectivity index (χ1v) is 5.65. The van der Waals surface area contributed by atoms with E-state index in [1.54, 1.807) is 6.92 Å². The number of rotatable bonds is 4. The van der Waals surface area contributed by atoms with Gasteiger partial charge in [0, 0.05) is 23.4 Å². The minimum Gasteiger partial charge on any atom is -0.301 e. The molecule has 1 heterocycles. The lowest BCUT2D eigenvalue weighted by Crippen LogP contribution is -2.38. The Labute approximate surface area is 97.0 Å². The summed E-state index contributed by atoms with van der Waals surface area (Å²) < 4.78 is 0. The van der Waals surface area contributed by atoms with Crippen LogP contribution < -0.4 is 16.8 Å². The Morgan fingerprint density at radius 1 is 1.62 bits per heavy atom. The van der Waals surface area contributed by atoms with E-state index in [2.05, 4.69) is 15.4 Å². The van der Waals surface area contributed by atoms with Gasteiger partial charge in [0.15, 0.2) is 5.16 Å². The predicted molar refractivity (Wildman–Crippen MR) is 61.7 cm³/mol. The number of carbonyl (C=O) groups is 1. The van der Waals surface area contributed by atoms with Gasteiger partial charge in [-0.2, -0.15) is 0 Å². The molecule has 0 aliphatic heterocycles. The van der Waals surface area contributed by atoms with E-state index in [1.807, 2.05) is 6.92 Å². The third kappa shape index (κ3) is 3.35. The highest BCUT2D eigenvalue weighted by atomic mass is 32.2. The van der Waals surface area contributed by atoms with E-state index in [-0.39, 0.29) is 22.6 Å². The standard InChI is InChI=1S/C9H14N4O2S/c1-5(8(15)13-10)6(2)16-9-11-4-3-7(14)12-9/h3-6H,10H2,1-2H3,(H,13,15)(H,11,12,14). The topological polar surface area (TPSA) is 101 Å². The maximum absolute atomic E-state index is 11.3. The van der Waals surface area contributed by atoms with Crippen LogP contribution in [0.2, 0.25) is 0 Å². The van der Waals surface area contributed by atoms with E-state index in [1.165, 1.54) is 24.0 Å². The molecule has 0 fully saturated rings. The number of carbonyl (C=O) groups excluding carboxylic acids is 1. The monoisotopic (exact) mass is 242 g/mol. The first-order chi connectivity index (χ1) is 7.54. The average molecular weight is 242 g/mol. The van der Waals surface area contributed by atoms with Crippen molar-refractivity contribution in [3.8, 4) is 0 Å². The van der Waals surface area contributed by atoms with Crippen molar-refractivity contribution >= 4 is 17.7 Å². The zero-order valence-electron chi connectivity index (χ0n) is 9.06. The van der Waals surface area contributed by atoms with Crippen LogP contribution in [0.1, 0.15) is 13.8 Å². The number of hydrogen-bond acceptors (Lipinski definition) is 5. The molecule has 7 heteroatoms. The van der Waals surface area contributed by atoms with Crippen molar-refractivity contribution in [1.29, 1.82) is 0 Å². The summed E-state index contributed by atoms with van der Waals surface area (Å²) in [6.45, 7) is 3.64. The van der Waals surface area contributed by atoms with Crippen LogP contribution >= 0.6 is 11.8 Å². The van der Waals surface area contributed by atoms with E-state index in [0.29, 0.717) is 5.16 Å². The highest BCUT2D eigenvalue weighted by molar-refractivity contribution is 7.99. The summed E-state index contributed by atoms with van der Waals surface area (Å²) in [5, 5.41) is 0.464. The van der Waals surface area contributed by atoms with Gasteiger partial charge in [0.2, 0.25) is 5.91 Å². The van der Waals surface area contributed by atoms with Crippen molar-refractivity contribution in [2.24, 2.45) is 11.8 Å². The van der Waals surface area contributed by atoms with E-state index in [9.17, 15) is 9.59 Å². The molecule has 0 bridgehead atoms. The number of nitrogens with zero attached hydrogens (tertiary/aromatic N) is 1. The fourth-order valence-electron chi connectivity index (χ4n) is 1.03. The predicted octanol–water partition coefficient (Wildman–Crippen LogP) is -0.124. The largest absolute Gasteiger partial charge is 0.301 e. The van der Waals surface area contributed by atoms with Gasteiger partial charge in [-0.1, -0.05) is 25.6 Å². The molecule has 0 saturated heterocycles. The molecule has 88 valence electrons. The lowest BCUT2D eigenvalue weighted by atomic mass is 10.1. The van der Waals surface area contributed by atoms with Gasteiger partial charge in [0.25, 0.3) is 5.56 Å². The lowest BCUT2D eigenvalue weighted by Gasteiger charge is -2.16. The number of hydrazine groups is 1. The number of aromatic nitrogens is 2. The normalized spacial score (nSPS) is 14.2. The molecular formula is C9H14N4O2S. The van der Waals surface area contributed by atoms with Crippen molar-refractivity contribution in [3.63, 3.8) is 0 Å². The maximum atomic E-state index is 11.3. The van der Waals surface area contributed by atoms with Crippen molar-refractivity contribution in [2.75, 3.05) is 0 Å². The van der Waals surface area contributed by atoms with Gasteiger partial charge in [-0.25, -0.2) is 10.8 Å². The van der Waals surface area contributed by atoms with Crippen molar-refractivity contribution in [2.45, 2.75) is 24.3 Å². The molecule has 2 unspecified atom stereocenters. The Morgan fingerprint density at radius 2 is 2.31 bits per heavy atom. The number of nitrogens with one attached hydrogen (secondary N) is 2. The fourth-order valence-corrected chi connectivity index (χ4v) is 2.00. The molecule has 4 N–H and O–H groups in total. The number of H-pyrrole nitrogens is 1. The Balaban J connectivity index is 2.67. The van der Waals surface area contributed by atoms with Crippen molar-refractivity contribution < 1.29 is 4.79 Å². The fraction of sp³-hybridized carbons (Fsp3) is 0.444. The smallest absolute Gasteiger partial charge is 0.251 e. The van der Waals surface area contributed by atoms with E-state index >= 15 is 0 Å².